The molecule has 0 amide bonds. The predicted molar refractivity (Wildman–Crippen MR) is 229 cm³/mol. The van der Waals surface area contributed by atoms with E-state index in [-0.39, 0.29) is 0 Å². The van der Waals surface area contributed by atoms with Crippen LogP contribution in [0.3, 0.4) is 0 Å². The molecule has 6 rings (SSSR count). The Kier molecular flexibility index (Phi) is 17.9. The lowest BCUT2D eigenvalue weighted by Crippen LogP contribution is -2.16. The molecule has 1 aliphatic heterocycles. The number of hydrogen-bond acceptors (Lipinski definition) is 9. The fourth-order valence-corrected chi connectivity index (χ4v) is 8.24. The molecule has 308 valence electrons. The molecule has 2 aliphatic rings. The summed E-state index contributed by atoms with van der Waals surface area (Å²) < 4.78 is 57.7. The zero-order valence-corrected chi connectivity index (χ0v) is 36.5. The lowest BCUT2D eigenvalue weighted by molar-refractivity contribution is -0.0142. The second-order valence-electron chi connectivity index (χ2n) is 14.1. The first-order valence-electron chi connectivity index (χ1n) is 20.3. The van der Waals surface area contributed by atoms with E-state index in [0.29, 0.717) is 118 Å². The van der Waals surface area contributed by atoms with Gasteiger partial charge in [0.05, 0.1) is 79.3 Å². The minimum atomic E-state index is 0.389. The first-order valence-corrected chi connectivity index (χ1v) is 21.9. The van der Waals surface area contributed by atoms with Crippen molar-refractivity contribution in [3.8, 4) is 23.0 Å². The number of hydrogen-bond donors (Lipinski definition) is 0. The van der Waals surface area contributed by atoms with Crippen molar-refractivity contribution in [2.75, 3.05) is 92.5 Å². The van der Waals surface area contributed by atoms with Crippen LogP contribution in [0.1, 0.15) is 71.2 Å². The van der Waals surface area contributed by atoms with Gasteiger partial charge in [0.1, 0.15) is 36.2 Å². The zero-order valence-electron chi connectivity index (χ0n) is 33.3. The molecule has 9 nitrogen and oxygen atoms in total. The average Bonchev–Trinajstić information content (AvgIpc) is 3.19. The lowest BCUT2D eigenvalue weighted by atomic mass is 9.91. The van der Waals surface area contributed by atoms with Gasteiger partial charge in [-0.3, -0.25) is 0 Å². The van der Waals surface area contributed by atoms with Crippen LogP contribution >= 0.6 is 31.9 Å². The summed E-state index contributed by atoms with van der Waals surface area (Å²) in [5, 5.41) is 0. The maximum Gasteiger partial charge on any atom is 0.126 e. The molecule has 57 heavy (non-hydrogen) atoms. The van der Waals surface area contributed by atoms with Crippen LogP contribution in [0.2, 0.25) is 0 Å². The van der Waals surface area contributed by atoms with Crippen LogP contribution < -0.4 is 18.9 Å². The first kappa shape index (κ1) is 43.4. The topological polar surface area (TPSA) is 83.1 Å². The molecular weight excluding hydrogens is 856 g/mol. The summed E-state index contributed by atoms with van der Waals surface area (Å²) in [6, 6.07) is 21.6. The molecule has 0 N–H and O–H groups in total. The number of benzene rings is 4. The van der Waals surface area contributed by atoms with Crippen molar-refractivity contribution in [2.24, 2.45) is 0 Å². The molecular formula is C46H56Br2O9. The minimum absolute atomic E-state index is 0.389. The monoisotopic (exact) mass is 910 g/mol. The summed E-state index contributed by atoms with van der Waals surface area (Å²) >= 11 is 7.74. The molecule has 0 saturated heterocycles. The summed E-state index contributed by atoms with van der Waals surface area (Å²) in [4.78, 5) is 0. The molecule has 0 unspecified atom stereocenters. The quantitative estimate of drug-likeness (QED) is 0.166. The number of halogens is 2. The number of rotatable bonds is 6. The lowest BCUT2D eigenvalue weighted by Gasteiger charge is -2.23. The van der Waals surface area contributed by atoms with Gasteiger partial charge in [0.15, 0.2) is 0 Å². The Morgan fingerprint density at radius 3 is 0.982 bits per heavy atom. The maximum atomic E-state index is 6.72. The molecule has 11 heteroatoms. The van der Waals surface area contributed by atoms with Gasteiger partial charge in [-0.15, -0.1) is 0 Å². The van der Waals surface area contributed by atoms with Crippen molar-refractivity contribution in [1.82, 2.24) is 0 Å². The Bertz CT molecular complexity index is 1640. The summed E-state index contributed by atoms with van der Waals surface area (Å²) in [7, 11) is 0. The van der Waals surface area contributed by atoms with Gasteiger partial charge in [-0.25, -0.2) is 0 Å². The maximum absolute atomic E-state index is 6.72. The van der Waals surface area contributed by atoms with Gasteiger partial charge in [0, 0.05) is 56.9 Å². The van der Waals surface area contributed by atoms with Crippen LogP contribution in [0.4, 0.5) is 0 Å². The fraction of sp³-hybridized carbons (Fsp3) is 0.478. The van der Waals surface area contributed by atoms with Gasteiger partial charge < -0.3 is 42.6 Å². The minimum Gasteiger partial charge on any atom is -0.493 e. The van der Waals surface area contributed by atoms with E-state index in [1.807, 2.05) is 0 Å². The van der Waals surface area contributed by atoms with E-state index in [1.54, 1.807) is 0 Å². The van der Waals surface area contributed by atoms with E-state index in [1.165, 1.54) is 0 Å². The molecule has 0 saturated carbocycles. The highest BCUT2D eigenvalue weighted by molar-refractivity contribution is 9.10. The van der Waals surface area contributed by atoms with Crippen LogP contribution in [-0.2, 0) is 49.4 Å². The van der Waals surface area contributed by atoms with Gasteiger partial charge in [0.2, 0.25) is 0 Å². The molecule has 0 aromatic heterocycles. The molecule has 0 spiro atoms. The second kappa shape index (κ2) is 23.4. The van der Waals surface area contributed by atoms with Gasteiger partial charge in [-0.1, -0.05) is 82.1 Å². The van der Waals surface area contributed by atoms with Crippen LogP contribution in [0, 0.1) is 0 Å². The predicted octanol–water partition coefficient (Wildman–Crippen LogP) is 9.32. The van der Waals surface area contributed by atoms with Gasteiger partial charge >= 0.3 is 0 Å². The van der Waals surface area contributed by atoms with E-state index >= 15 is 0 Å². The Hall–Kier alpha value is -3.16. The smallest absolute Gasteiger partial charge is 0.126 e. The van der Waals surface area contributed by atoms with E-state index in [9.17, 15) is 0 Å². The highest BCUT2D eigenvalue weighted by Gasteiger charge is 2.23. The molecule has 0 fully saturated rings. The van der Waals surface area contributed by atoms with Crippen molar-refractivity contribution in [3.05, 3.63) is 114 Å². The number of ether oxygens (including phenoxy) is 9. The Morgan fingerprint density at radius 1 is 0.421 bits per heavy atom. The van der Waals surface area contributed by atoms with Crippen LogP contribution in [0.5, 0.6) is 23.0 Å². The third-order valence-corrected chi connectivity index (χ3v) is 10.5. The highest BCUT2D eigenvalue weighted by Crippen LogP contribution is 2.41. The molecule has 1 heterocycles. The van der Waals surface area contributed by atoms with Crippen molar-refractivity contribution < 1.29 is 42.6 Å². The van der Waals surface area contributed by atoms with E-state index in [0.717, 1.165) is 89.3 Å². The number of fused-ring (bicyclic) bond motifs is 2. The van der Waals surface area contributed by atoms with Crippen LogP contribution in [0.25, 0.3) is 0 Å². The van der Waals surface area contributed by atoms with Crippen molar-refractivity contribution in [1.29, 1.82) is 0 Å². The highest BCUT2D eigenvalue weighted by atomic mass is 79.9. The third-order valence-electron chi connectivity index (χ3n) is 9.63. The largest absolute Gasteiger partial charge is 0.493 e. The Morgan fingerprint density at radius 2 is 0.702 bits per heavy atom. The van der Waals surface area contributed by atoms with Crippen LogP contribution in [0.15, 0.2) is 69.6 Å². The molecule has 4 aromatic rings. The van der Waals surface area contributed by atoms with Gasteiger partial charge in [0.25, 0.3) is 0 Å². The van der Waals surface area contributed by atoms with E-state index < -0.39 is 0 Å². The third kappa shape index (κ3) is 12.9. The standard InChI is InChI=1S/C46H56Br2O9/c1-3-11-54-43-33-7-5-8-34(43)26-38-30-42(48)32-40-28-36-10-6-9-35(44(36)55-12-4-2)27-39-31-41(47)29-37(25-33)45(39)56-23-21-52-19-17-50-15-13-49-14-16-51-18-20-53-22-24-57-46(38)40/h5-10,29-32H,3-4,11-28H2,1-2H3. The zero-order chi connectivity index (χ0) is 39.7. The molecule has 0 radical (unpaired) electrons. The normalized spacial score (nSPS) is 16.6. The van der Waals surface area contributed by atoms with E-state index in [2.05, 4.69) is 106 Å². The average molecular weight is 913 g/mol. The van der Waals surface area contributed by atoms with Crippen LogP contribution in [-0.4, -0.2) is 92.5 Å². The summed E-state index contributed by atoms with van der Waals surface area (Å²) in [6.45, 7) is 11.0. The first-order chi connectivity index (χ1) is 28.0. The van der Waals surface area contributed by atoms with Crippen molar-refractivity contribution >= 4 is 31.9 Å². The molecule has 0 atom stereocenters. The SMILES string of the molecule is CCCOc1c2cccc1Cc1cc(Br)cc3c1OCCOCCOCCOCCOCCOCCOc1c(cc(Br)cc1Cc1cccc(c1OCCC)C3)C2. The number of para-hydroxylation sites is 2. The molecule has 10 bridgehead atoms. The van der Waals surface area contributed by atoms with Gasteiger partial charge in [-0.2, -0.15) is 0 Å². The Balaban J connectivity index is 1.47. The van der Waals surface area contributed by atoms with Gasteiger partial charge in [-0.05, 0) is 59.4 Å². The summed E-state index contributed by atoms with van der Waals surface area (Å²) in [5.74, 6) is 3.50. The second-order valence-corrected chi connectivity index (χ2v) is 15.9. The van der Waals surface area contributed by atoms with Crippen molar-refractivity contribution in [2.45, 2.75) is 52.4 Å². The molecule has 4 aromatic carbocycles. The summed E-state index contributed by atoms with van der Waals surface area (Å²) in [5.41, 5.74) is 8.62. The van der Waals surface area contributed by atoms with E-state index in [4.69, 9.17) is 42.6 Å². The Labute approximate surface area is 354 Å². The summed E-state index contributed by atoms with van der Waals surface area (Å²) in [6.07, 6.45) is 4.22. The van der Waals surface area contributed by atoms with Crippen molar-refractivity contribution in [3.63, 3.8) is 0 Å². The molecule has 1 aliphatic carbocycles. The fourth-order valence-electron chi connectivity index (χ4n) is 7.14.